The minimum atomic E-state index is 0.237. The fourth-order valence-corrected chi connectivity index (χ4v) is 4.00. The second kappa shape index (κ2) is 3.79. The Morgan fingerprint density at radius 2 is 2.08 bits per heavy atom. The molecule has 1 aliphatic rings. The van der Waals surface area contributed by atoms with Crippen molar-refractivity contribution >= 4 is 11.8 Å². The number of hydrazine groups is 1. The van der Waals surface area contributed by atoms with Crippen LogP contribution in [0.5, 0.6) is 0 Å². The Labute approximate surface area is 86.0 Å². The maximum absolute atomic E-state index is 5.66. The molecule has 78 valence electrons. The van der Waals surface area contributed by atoms with Gasteiger partial charge in [0.05, 0.1) is 0 Å². The van der Waals surface area contributed by atoms with Crippen LogP contribution in [0, 0.1) is 5.41 Å². The molecule has 0 aromatic rings. The zero-order valence-electron chi connectivity index (χ0n) is 9.18. The highest BCUT2D eigenvalue weighted by Gasteiger charge is 2.43. The average molecular weight is 202 g/mol. The summed E-state index contributed by atoms with van der Waals surface area (Å²) in [5, 5.41) is 0. The second-order valence-corrected chi connectivity index (χ2v) is 6.86. The Bertz CT molecular complexity index is 168. The van der Waals surface area contributed by atoms with E-state index in [1.54, 1.807) is 0 Å². The number of nitrogens with one attached hydrogen (secondary N) is 1. The van der Waals surface area contributed by atoms with E-state index in [0.717, 1.165) is 0 Å². The van der Waals surface area contributed by atoms with Gasteiger partial charge < -0.3 is 0 Å². The standard InChI is InChI=1S/C10H22N2S/c1-9(2,3)8(12-11)10(4)6-5-7-13-10/h8,12H,5-7,11H2,1-4H3. The van der Waals surface area contributed by atoms with Crippen LogP contribution in [-0.4, -0.2) is 16.5 Å². The zero-order chi connectivity index (χ0) is 10.1. The fraction of sp³-hybridized carbons (Fsp3) is 1.00. The monoisotopic (exact) mass is 202 g/mol. The third-order valence-electron chi connectivity index (χ3n) is 2.89. The SMILES string of the molecule is CC(C)(C)C(NN)C1(C)CCCS1. The van der Waals surface area contributed by atoms with E-state index in [-0.39, 0.29) is 5.41 Å². The van der Waals surface area contributed by atoms with Crippen molar-refractivity contribution in [3.8, 4) is 0 Å². The molecule has 3 heteroatoms. The molecule has 1 aliphatic heterocycles. The van der Waals surface area contributed by atoms with Gasteiger partial charge in [0.15, 0.2) is 0 Å². The molecule has 1 fully saturated rings. The van der Waals surface area contributed by atoms with E-state index in [1.807, 2.05) is 0 Å². The van der Waals surface area contributed by atoms with Crippen molar-refractivity contribution < 1.29 is 0 Å². The van der Waals surface area contributed by atoms with Crippen LogP contribution in [0.1, 0.15) is 40.5 Å². The predicted octanol–water partition coefficient (Wildman–Crippen LogP) is 2.15. The second-order valence-electron chi connectivity index (χ2n) is 5.23. The van der Waals surface area contributed by atoms with Crippen LogP contribution >= 0.6 is 11.8 Å². The maximum Gasteiger partial charge on any atom is 0.0403 e. The summed E-state index contributed by atoms with van der Waals surface area (Å²) in [5.41, 5.74) is 3.24. The smallest absolute Gasteiger partial charge is 0.0403 e. The van der Waals surface area contributed by atoms with Gasteiger partial charge in [-0.3, -0.25) is 11.3 Å². The Kier molecular flexibility index (Phi) is 3.31. The van der Waals surface area contributed by atoms with Crippen molar-refractivity contribution in [2.24, 2.45) is 11.3 Å². The van der Waals surface area contributed by atoms with Gasteiger partial charge in [0.1, 0.15) is 0 Å². The zero-order valence-corrected chi connectivity index (χ0v) is 10.0. The number of nitrogens with two attached hydrogens (primary N) is 1. The fourth-order valence-electron chi connectivity index (χ4n) is 2.37. The van der Waals surface area contributed by atoms with Crippen molar-refractivity contribution in [3.05, 3.63) is 0 Å². The van der Waals surface area contributed by atoms with Gasteiger partial charge in [0.25, 0.3) is 0 Å². The molecule has 13 heavy (non-hydrogen) atoms. The van der Waals surface area contributed by atoms with Crippen LogP contribution in [-0.2, 0) is 0 Å². The largest absolute Gasteiger partial charge is 0.271 e. The molecule has 0 saturated carbocycles. The van der Waals surface area contributed by atoms with E-state index in [1.165, 1.54) is 18.6 Å². The first kappa shape index (κ1) is 11.3. The lowest BCUT2D eigenvalue weighted by atomic mass is 9.78. The molecule has 1 rings (SSSR count). The van der Waals surface area contributed by atoms with Crippen molar-refractivity contribution in [1.29, 1.82) is 0 Å². The summed E-state index contributed by atoms with van der Waals surface area (Å²) in [6.45, 7) is 9.09. The lowest BCUT2D eigenvalue weighted by molar-refractivity contribution is 0.221. The molecule has 3 N–H and O–H groups in total. The number of hydrogen-bond acceptors (Lipinski definition) is 3. The Morgan fingerprint density at radius 3 is 2.38 bits per heavy atom. The summed E-state index contributed by atoms with van der Waals surface area (Å²) in [4.78, 5) is 0. The lowest BCUT2D eigenvalue weighted by Gasteiger charge is -2.41. The highest BCUT2D eigenvalue weighted by atomic mass is 32.2. The minimum absolute atomic E-state index is 0.237. The average Bonchev–Trinajstić information content (AvgIpc) is 2.34. The summed E-state index contributed by atoms with van der Waals surface area (Å²) < 4.78 is 0.326. The molecular weight excluding hydrogens is 180 g/mol. The molecule has 0 bridgehead atoms. The summed E-state index contributed by atoms with van der Waals surface area (Å²) >= 11 is 2.06. The van der Waals surface area contributed by atoms with Gasteiger partial charge in [-0.2, -0.15) is 11.8 Å². The molecule has 2 nitrogen and oxygen atoms in total. The van der Waals surface area contributed by atoms with Crippen LogP contribution in [0.2, 0.25) is 0 Å². The molecule has 0 aromatic heterocycles. The minimum Gasteiger partial charge on any atom is -0.271 e. The van der Waals surface area contributed by atoms with E-state index in [4.69, 9.17) is 5.84 Å². The molecule has 0 aromatic carbocycles. The number of thioether (sulfide) groups is 1. The van der Waals surface area contributed by atoms with Gasteiger partial charge in [-0.15, -0.1) is 0 Å². The van der Waals surface area contributed by atoms with Gasteiger partial charge in [-0.1, -0.05) is 20.8 Å². The van der Waals surface area contributed by atoms with Crippen molar-refractivity contribution in [2.45, 2.75) is 51.3 Å². The van der Waals surface area contributed by atoms with Gasteiger partial charge in [0, 0.05) is 10.8 Å². The van der Waals surface area contributed by atoms with Gasteiger partial charge in [-0.05, 0) is 30.9 Å². The first-order chi connectivity index (χ1) is 5.90. The first-order valence-electron chi connectivity index (χ1n) is 5.00. The molecule has 0 aliphatic carbocycles. The molecule has 2 unspecified atom stereocenters. The summed E-state index contributed by atoms with van der Waals surface area (Å²) in [7, 11) is 0. The highest BCUT2D eigenvalue weighted by Crippen LogP contribution is 2.45. The van der Waals surface area contributed by atoms with Crippen LogP contribution in [0.3, 0.4) is 0 Å². The molecule has 2 atom stereocenters. The molecular formula is C10H22N2S. The van der Waals surface area contributed by atoms with Crippen LogP contribution in [0.4, 0.5) is 0 Å². The Balaban J connectivity index is 2.76. The third kappa shape index (κ3) is 2.39. The molecule has 1 heterocycles. The van der Waals surface area contributed by atoms with Gasteiger partial charge in [-0.25, -0.2) is 0 Å². The van der Waals surface area contributed by atoms with Crippen LogP contribution < -0.4 is 11.3 Å². The first-order valence-corrected chi connectivity index (χ1v) is 5.99. The topological polar surface area (TPSA) is 38.0 Å². The maximum atomic E-state index is 5.66. The molecule has 0 spiro atoms. The Morgan fingerprint density at radius 1 is 1.46 bits per heavy atom. The third-order valence-corrected chi connectivity index (χ3v) is 4.48. The highest BCUT2D eigenvalue weighted by molar-refractivity contribution is 8.00. The van der Waals surface area contributed by atoms with E-state index >= 15 is 0 Å². The quantitative estimate of drug-likeness (QED) is 0.532. The van der Waals surface area contributed by atoms with Gasteiger partial charge in [0.2, 0.25) is 0 Å². The van der Waals surface area contributed by atoms with Crippen LogP contribution in [0.25, 0.3) is 0 Å². The summed E-state index contributed by atoms with van der Waals surface area (Å²) in [5.74, 6) is 6.94. The lowest BCUT2D eigenvalue weighted by Crippen LogP contribution is -2.55. The molecule has 0 amide bonds. The predicted molar refractivity (Wildman–Crippen MR) is 60.7 cm³/mol. The molecule has 0 radical (unpaired) electrons. The number of rotatable bonds is 2. The summed E-state index contributed by atoms with van der Waals surface area (Å²) in [6, 6.07) is 0.396. The van der Waals surface area contributed by atoms with Gasteiger partial charge >= 0.3 is 0 Å². The van der Waals surface area contributed by atoms with E-state index in [0.29, 0.717) is 10.8 Å². The summed E-state index contributed by atoms with van der Waals surface area (Å²) in [6.07, 6.45) is 2.61. The van der Waals surface area contributed by atoms with Crippen LogP contribution in [0.15, 0.2) is 0 Å². The normalized spacial score (nSPS) is 32.1. The van der Waals surface area contributed by atoms with E-state index in [2.05, 4.69) is 44.9 Å². The van der Waals surface area contributed by atoms with Crippen molar-refractivity contribution in [2.75, 3.05) is 5.75 Å². The van der Waals surface area contributed by atoms with Crippen molar-refractivity contribution in [3.63, 3.8) is 0 Å². The Hall–Kier alpha value is 0.270. The van der Waals surface area contributed by atoms with E-state index < -0.39 is 0 Å². The van der Waals surface area contributed by atoms with Crippen molar-refractivity contribution in [1.82, 2.24) is 5.43 Å². The van der Waals surface area contributed by atoms with E-state index in [9.17, 15) is 0 Å². The molecule has 1 saturated heterocycles. The number of hydrogen-bond donors (Lipinski definition) is 2.